The Morgan fingerprint density at radius 2 is 1.69 bits per heavy atom. The second-order valence-electron chi connectivity index (χ2n) is 8.47. The van der Waals surface area contributed by atoms with E-state index in [0.29, 0.717) is 32.0 Å². The minimum absolute atomic E-state index is 0.152. The fraction of sp³-hybridized carbons (Fsp3) is 0.333. The number of rotatable bonds is 5. The molecular weight excluding hydrogens is 407 g/mol. The van der Waals surface area contributed by atoms with E-state index in [2.05, 4.69) is 25.2 Å². The van der Waals surface area contributed by atoms with Gasteiger partial charge in [0.05, 0.1) is 5.41 Å². The van der Waals surface area contributed by atoms with Gasteiger partial charge in [0.2, 0.25) is 5.91 Å². The number of hydrogen-bond acceptors (Lipinski definition) is 6. The van der Waals surface area contributed by atoms with Gasteiger partial charge in [0.15, 0.2) is 0 Å². The lowest BCUT2D eigenvalue weighted by molar-refractivity contribution is -0.134. The Labute approximate surface area is 186 Å². The number of carbonyl (C=O) groups is 1. The highest BCUT2D eigenvalue weighted by Gasteiger charge is 2.53. The maximum Gasteiger partial charge on any atom is 0.233 e. The van der Waals surface area contributed by atoms with E-state index in [9.17, 15) is 9.18 Å². The van der Waals surface area contributed by atoms with E-state index in [1.54, 1.807) is 24.7 Å². The van der Waals surface area contributed by atoms with Crippen molar-refractivity contribution in [1.29, 1.82) is 0 Å². The van der Waals surface area contributed by atoms with Gasteiger partial charge in [-0.05, 0) is 55.2 Å². The molecule has 3 aromatic rings. The number of anilines is 3. The van der Waals surface area contributed by atoms with Crippen LogP contribution in [0.25, 0.3) is 0 Å². The number of pyridine rings is 1. The summed E-state index contributed by atoms with van der Waals surface area (Å²) in [5, 5.41) is 3.22. The van der Waals surface area contributed by atoms with Crippen molar-refractivity contribution in [1.82, 2.24) is 19.9 Å². The summed E-state index contributed by atoms with van der Waals surface area (Å²) < 4.78 is 13.3. The Morgan fingerprint density at radius 1 is 0.969 bits per heavy atom. The summed E-state index contributed by atoms with van der Waals surface area (Å²) in [7, 11) is 0. The van der Waals surface area contributed by atoms with Crippen LogP contribution in [0.3, 0.4) is 0 Å². The summed E-state index contributed by atoms with van der Waals surface area (Å²) in [6, 6.07) is 12.2. The first-order chi connectivity index (χ1) is 15.5. The summed E-state index contributed by atoms with van der Waals surface area (Å²) in [6.45, 7) is 4.68. The number of aryl methyl sites for hydroxylation is 1. The molecule has 1 saturated carbocycles. The van der Waals surface area contributed by atoms with E-state index < -0.39 is 5.41 Å². The second kappa shape index (κ2) is 8.18. The van der Waals surface area contributed by atoms with Gasteiger partial charge in [-0.2, -0.15) is 0 Å². The number of hydrogen-bond donors (Lipinski definition) is 1. The average molecular weight is 433 g/mol. The third-order valence-corrected chi connectivity index (χ3v) is 6.27. The molecule has 1 saturated heterocycles. The van der Waals surface area contributed by atoms with Crippen LogP contribution in [0.15, 0.2) is 55.0 Å². The topological polar surface area (TPSA) is 74.2 Å². The molecule has 1 amide bonds. The smallest absolute Gasteiger partial charge is 0.233 e. The van der Waals surface area contributed by atoms with Crippen LogP contribution in [0.5, 0.6) is 0 Å². The Hall–Kier alpha value is -3.55. The maximum atomic E-state index is 13.3. The van der Waals surface area contributed by atoms with Crippen molar-refractivity contribution >= 4 is 23.4 Å². The van der Waals surface area contributed by atoms with Crippen LogP contribution in [-0.4, -0.2) is 51.9 Å². The molecule has 1 N–H and O–H groups in total. The van der Waals surface area contributed by atoms with Gasteiger partial charge >= 0.3 is 0 Å². The highest BCUT2D eigenvalue weighted by atomic mass is 19.1. The Kier molecular flexibility index (Phi) is 5.20. The van der Waals surface area contributed by atoms with E-state index in [1.807, 2.05) is 30.0 Å². The number of piperazine rings is 1. The molecule has 7 nitrogen and oxygen atoms in total. The Balaban J connectivity index is 1.23. The van der Waals surface area contributed by atoms with Gasteiger partial charge in [0.1, 0.15) is 29.6 Å². The van der Waals surface area contributed by atoms with Crippen LogP contribution in [0.1, 0.15) is 24.0 Å². The molecule has 0 bridgehead atoms. The van der Waals surface area contributed by atoms with Gasteiger partial charge < -0.3 is 15.1 Å². The highest BCUT2D eigenvalue weighted by Crippen LogP contribution is 2.49. The van der Waals surface area contributed by atoms with E-state index in [0.717, 1.165) is 35.6 Å². The molecule has 1 aliphatic heterocycles. The molecule has 32 heavy (non-hydrogen) atoms. The monoisotopic (exact) mass is 432 g/mol. The van der Waals surface area contributed by atoms with Gasteiger partial charge in [-0.15, -0.1) is 0 Å². The first-order valence-corrected chi connectivity index (χ1v) is 10.9. The number of carbonyl (C=O) groups excluding carboxylic acids is 1. The summed E-state index contributed by atoms with van der Waals surface area (Å²) in [5.74, 6) is 2.11. The SMILES string of the molecule is Cc1ccnc(Nc2cc(N3CCN(C(=O)C4(c5ccc(F)cc5)CC4)CC3)ncn2)c1. The lowest BCUT2D eigenvalue weighted by Gasteiger charge is -2.37. The summed E-state index contributed by atoms with van der Waals surface area (Å²) in [5.41, 5.74) is 1.57. The molecule has 0 unspecified atom stereocenters. The zero-order chi connectivity index (χ0) is 22.1. The number of benzene rings is 1. The van der Waals surface area contributed by atoms with Crippen LogP contribution in [-0.2, 0) is 10.2 Å². The van der Waals surface area contributed by atoms with Gasteiger partial charge in [0.25, 0.3) is 0 Å². The molecule has 2 aromatic heterocycles. The van der Waals surface area contributed by atoms with Crippen LogP contribution in [0.4, 0.5) is 21.8 Å². The largest absolute Gasteiger partial charge is 0.353 e. The summed E-state index contributed by atoms with van der Waals surface area (Å²) >= 11 is 0. The van der Waals surface area contributed by atoms with E-state index in [1.165, 1.54) is 12.1 Å². The van der Waals surface area contributed by atoms with Crippen molar-refractivity contribution in [2.45, 2.75) is 25.2 Å². The van der Waals surface area contributed by atoms with Crippen LogP contribution in [0, 0.1) is 12.7 Å². The molecule has 2 aliphatic rings. The minimum Gasteiger partial charge on any atom is -0.353 e. The fourth-order valence-electron chi connectivity index (χ4n) is 4.29. The maximum absolute atomic E-state index is 13.3. The molecule has 1 aliphatic carbocycles. The predicted molar refractivity (Wildman–Crippen MR) is 120 cm³/mol. The summed E-state index contributed by atoms with van der Waals surface area (Å²) in [6.07, 6.45) is 4.95. The molecular formula is C24H25FN6O. The average Bonchev–Trinajstić information content (AvgIpc) is 3.61. The van der Waals surface area contributed by atoms with Crippen molar-refractivity contribution in [3.8, 4) is 0 Å². The van der Waals surface area contributed by atoms with E-state index >= 15 is 0 Å². The van der Waals surface area contributed by atoms with Gasteiger partial charge in [-0.3, -0.25) is 4.79 Å². The molecule has 5 rings (SSSR count). The van der Waals surface area contributed by atoms with E-state index in [-0.39, 0.29) is 11.7 Å². The zero-order valence-electron chi connectivity index (χ0n) is 18.0. The normalized spacial score (nSPS) is 17.2. The zero-order valence-corrected chi connectivity index (χ0v) is 18.0. The number of nitrogens with one attached hydrogen (secondary N) is 1. The molecule has 8 heteroatoms. The number of amides is 1. The Morgan fingerprint density at radius 3 is 2.38 bits per heavy atom. The standard InChI is InChI=1S/C24H25FN6O/c1-17-6-9-26-20(14-17)29-21-15-22(28-16-27-21)30-10-12-31(13-11-30)23(32)24(7-8-24)18-2-4-19(25)5-3-18/h2-6,9,14-16H,7-8,10-13H2,1H3,(H,26,27,28,29). The quantitative estimate of drug-likeness (QED) is 0.666. The molecule has 1 aromatic carbocycles. The summed E-state index contributed by atoms with van der Waals surface area (Å²) in [4.78, 5) is 30.4. The van der Waals surface area contributed by atoms with Crippen molar-refractivity contribution in [3.05, 3.63) is 71.9 Å². The lowest BCUT2D eigenvalue weighted by Crippen LogP contribution is -2.51. The minimum atomic E-state index is -0.470. The molecule has 164 valence electrons. The van der Waals surface area contributed by atoms with Crippen LogP contribution in [0.2, 0.25) is 0 Å². The third-order valence-electron chi connectivity index (χ3n) is 6.27. The van der Waals surface area contributed by atoms with Gasteiger partial charge in [0, 0.05) is 38.4 Å². The van der Waals surface area contributed by atoms with Crippen LogP contribution >= 0.6 is 0 Å². The lowest BCUT2D eigenvalue weighted by atomic mass is 9.94. The number of nitrogens with zero attached hydrogens (tertiary/aromatic N) is 5. The second-order valence-corrected chi connectivity index (χ2v) is 8.47. The van der Waals surface area contributed by atoms with Gasteiger partial charge in [-0.25, -0.2) is 19.3 Å². The first kappa shape index (κ1) is 20.4. The predicted octanol–water partition coefficient (Wildman–Crippen LogP) is 3.44. The number of aromatic nitrogens is 3. The Bertz CT molecular complexity index is 1120. The third kappa shape index (κ3) is 4.00. The molecule has 2 fully saturated rings. The van der Waals surface area contributed by atoms with Gasteiger partial charge in [-0.1, -0.05) is 12.1 Å². The van der Waals surface area contributed by atoms with Crippen molar-refractivity contribution in [2.24, 2.45) is 0 Å². The first-order valence-electron chi connectivity index (χ1n) is 10.9. The number of halogens is 1. The van der Waals surface area contributed by atoms with E-state index in [4.69, 9.17) is 0 Å². The molecule has 0 radical (unpaired) electrons. The molecule has 0 spiro atoms. The van der Waals surface area contributed by atoms with Crippen LogP contribution < -0.4 is 10.2 Å². The fourth-order valence-corrected chi connectivity index (χ4v) is 4.29. The molecule has 3 heterocycles. The molecule has 0 atom stereocenters. The van der Waals surface area contributed by atoms with Crippen molar-refractivity contribution in [3.63, 3.8) is 0 Å². The van der Waals surface area contributed by atoms with Crippen molar-refractivity contribution < 1.29 is 9.18 Å². The van der Waals surface area contributed by atoms with Crippen molar-refractivity contribution in [2.75, 3.05) is 36.4 Å². The highest BCUT2D eigenvalue weighted by molar-refractivity contribution is 5.91.